The summed E-state index contributed by atoms with van der Waals surface area (Å²) in [7, 11) is 0. The van der Waals surface area contributed by atoms with Gasteiger partial charge >= 0.3 is 0 Å². The predicted molar refractivity (Wildman–Crippen MR) is 51.3 cm³/mol. The number of hydrogen-bond donors (Lipinski definition) is 3. The Bertz CT molecular complexity index is 228. The summed E-state index contributed by atoms with van der Waals surface area (Å²) in [6.45, 7) is 2.97. The quantitative estimate of drug-likeness (QED) is 0.550. The van der Waals surface area contributed by atoms with Crippen molar-refractivity contribution in [3.63, 3.8) is 0 Å². The molecule has 0 unspecified atom stereocenters. The molecule has 3 N–H and O–H groups in total. The minimum absolute atomic E-state index is 0.814. The Morgan fingerprint density at radius 1 is 1.46 bits per heavy atom. The monoisotopic (exact) mass is 180 g/mol. The van der Waals surface area contributed by atoms with Crippen LogP contribution in [0.15, 0.2) is 12.5 Å². The van der Waals surface area contributed by atoms with E-state index in [9.17, 15) is 0 Å². The highest BCUT2D eigenvalue weighted by Gasteiger charge is 2.19. The summed E-state index contributed by atoms with van der Waals surface area (Å²) < 4.78 is 0. The molecule has 0 spiro atoms. The number of imidazole rings is 1. The van der Waals surface area contributed by atoms with Gasteiger partial charge in [0, 0.05) is 37.6 Å². The molecule has 1 aliphatic rings. The van der Waals surface area contributed by atoms with Crippen LogP contribution in [0.3, 0.4) is 0 Å². The number of hydrogen-bond acceptors (Lipinski definition) is 3. The Morgan fingerprint density at radius 3 is 3.08 bits per heavy atom. The Balaban J connectivity index is 1.48. The smallest absolute Gasteiger partial charge is 0.0922 e. The van der Waals surface area contributed by atoms with Gasteiger partial charge in [-0.25, -0.2) is 4.98 Å². The molecule has 0 saturated heterocycles. The number of nitrogens with one attached hydrogen (secondary N) is 3. The van der Waals surface area contributed by atoms with Gasteiger partial charge in [0.1, 0.15) is 0 Å². The van der Waals surface area contributed by atoms with E-state index in [1.54, 1.807) is 6.33 Å². The summed E-state index contributed by atoms with van der Waals surface area (Å²) in [5, 5.41) is 6.79. The first-order valence-corrected chi connectivity index (χ1v) is 4.86. The second-order valence-electron chi connectivity index (χ2n) is 3.48. The van der Waals surface area contributed by atoms with E-state index in [4.69, 9.17) is 0 Å². The largest absolute Gasteiger partial charge is 0.347 e. The van der Waals surface area contributed by atoms with Crippen LogP contribution in [0.25, 0.3) is 0 Å². The van der Waals surface area contributed by atoms with Gasteiger partial charge in [0.05, 0.1) is 6.33 Å². The second-order valence-corrected chi connectivity index (χ2v) is 3.48. The minimum atomic E-state index is 0.814. The lowest BCUT2D eigenvalue weighted by Crippen LogP contribution is -2.28. The van der Waals surface area contributed by atoms with Crippen molar-refractivity contribution in [3.8, 4) is 0 Å². The molecule has 0 aliphatic heterocycles. The number of aromatic nitrogens is 2. The van der Waals surface area contributed by atoms with E-state index in [1.807, 2.05) is 6.20 Å². The molecule has 0 amide bonds. The van der Waals surface area contributed by atoms with Crippen LogP contribution >= 0.6 is 0 Å². The van der Waals surface area contributed by atoms with Crippen LogP contribution in [0.4, 0.5) is 0 Å². The minimum Gasteiger partial charge on any atom is -0.347 e. The van der Waals surface area contributed by atoms with Gasteiger partial charge in [0.15, 0.2) is 0 Å². The highest BCUT2D eigenvalue weighted by Crippen LogP contribution is 2.17. The van der Waals surface area contributed by atoms with Crippen LogP contribution in [0.5, 0.6) is 0 Å². The Hall–Kier alpha value is -0.870. The Kier molecular flexibility index (Phi) is 2.94. The summed E-state index contributed by atoms with van der Waals surface area (Å²) in [6.07, 6.45) is 6.28. The average Bonchev–Trinajstić information content (AvgIpc) is 2.81. The molecule has 0 aromatic carbocycles. The molecule has 4 nitrogen and oxygen atoms in total. The first-order chi connectivity index (χ1) is 6.45. The summed E-state index contributed by atoms with van der Waals surface area (Å²) >= 11 is 0. The molecule has 1 aliphatic carbocycles. The predicted octanol–water partition coefficient (Wildman–Crippen LogP) is 0.251. The molecular formula is C9H16N4. The third-order valence-corrected chi connectivity index (χ3v) is 2.18. The van der Waals surface area contributed by atoms with Crippen LogP contribution in [0.1, 0.15) is 18.5 Å². The molecule has 1 saturated carbocycles. The van der Waals surface area contributed by atoms with Crippen molar-refractivity contribution in [2.45, 2.75) is 25.4 Å². The van der Waals surface area contributed by atoms with Crippen LogP contribution < -0.4 is 10.6 Å². The van der Waals surface area contributed by atoms with Crippen LogP contribution in [-0.4, -0.2) is 29.1 Å². The molecule has 1 aromatic rings. The Labute approximate surface area is 78.1 Å². The molecule has 1 fully saturated rings. The standard InChI is InChI=1S/C9H16N4/c1-2-8(1)12-4-3-10-5-9-6-11-7-13-9/h6-8,10,12H,1-5H2,(H,11,13). The second kappa shape index (κ2) is 4.39. The first-order valence-electron chi connectivity index (χ1n) is 4.86. The van der Waals surface area contributed by atoms with Gasteiger partial charge in [-0.15, -0.1) is 0 Å². The molecule has 0 radical (unpaired) electrons. The molecular weight excluding hydrogens is 164 g/mol. The fourth-order valence-electron chi connectivity index (χ4n) is 1.26. The summed E-state index contributed by atoms with van der Waals surface area (Å²) in [5.74, 6) is 0. The third-order valence-electron chi connectivity index (χ3n) is 2.18. The molecule has 13 heavy (non-hydrogen) atoms. The van der Waals surface area contributed by atoms with Crippen molar-refractivity contribution < 1.29 is 0 Å². The molecule has 1 aromatic heterocycles. The molecule has 0 atom stereocenters. The maximum Gasteiger partial charge on any atom is 0.0922 e. The van der Waals surface area contributed by atoms with Crippen molar-refractivity contribution in [3.05, 3.63) is 18.2 Å². The fraction of sp³-hybridized carbons (Fsp3) is 0.667. The van der Waals surface area contributed by atoms with E-state index < -0.39 is 0 Å². The zero-order valence-corrected chi connectivity index (χ0v) is 7.71. The Morgan fingerprint density at radius 2 is 2.38 bits per heavy atom. The van der Waals surface area contributed by atoms with Gasteiger partial charge in [-0.2, -0.15) is 0 Å². The van der Waals surface area contributed by atoms with Crippen LogP contribution in [-0.2, 0) is 6.54 Å². The molecule has 1 heterocycles. The number of H-pyrrole nitrogens is 1. The first kappa shape index (κ1) is 8.72. The maximum absolute atomic E-state index is 3.95. The highest BCUT2D eigenvalue weighted by atomic mass is 15.0. The number of nitrogens with zero attached hydrogens (tertiary/aromatic N) is 1. The van der Waals surface area contributed by atoms with E-state index in [2.05, 4.69) is 20.6 Å². The number of rotatable bonds is 6. The van der Waals surface area contributed by atoms with E-state index >= 15 is 0 Å². The van der Waals surface area contributed by atoms with E-state index in [0.29, 0.717) is 0 Å². The molecule has 4 heteroatoms. The van der Waals surface area contributed by atoms with Crippen molar-refractivity contribution in [1.29, 1.82) is 0 Å². The summed E-state index contributed by atoms with van der Waals surface area (Å²) in [6, 6.07) is 0.814. The van der Waals surface area contributed by atoms with Crippen molar-refractivity contribution in [1.82, 2.24) is 20.6 Å². The molecule has 2 rings (SSSR count). The number of aromatic amines is 1. The fourth-order valence-corrected chi connectivity index (χ4v) is 1.26. The summed E-state index contributed by atoms with van der Waals surface area (Å²) in [5.41, 5.74) is 1.14. The third kappa shape index (κ3) is 3.16. The van der Waals surface area contributed by atoms with Crippen LogP contribution in [0, 0.1) is 0 Å². The van der Waals surface area contributed by atoms with Gasteiger partial charge in [0.25, 0.3) is 0 Å². The van der Waals surface area contributed by atoms with Gasteiger partial charge < -0.3 is 15.6 Å². The maximum atomic E-state index is 3.95. The van der Waals surface area contributed by atoms with E-state index in [-0.39, 0.29) is 0 Å². The SMILES string of the molecule is c1ncc(CNCCNC2CC2)[nH]1. The van der Waals surface area contributed by atoms with Gasteiger partial charge in [-0.1, -0.05) is 0 Å². The summed E-state index contributed by atoms with van der Waals surface area (Å²) in [4.78, 5) is 7.00. The topological polar surface area (TPSA) is 52.7 Å². The lowest BCUT2D eigenvalue weighted by atomic mass is 10.4. The lowest BCUT2D eigenvalue weighted by Gasteiger charge is -2.03. The van der Waals surface area contributed by atoms with E-state index in [1.165, 1.54) is 12.8 Å². The normalized spacial score (nSPS) is 16.3. The van der Waals surface area contributed by atoms with E-state index in [0.717, 1.165) is 31.4 Å². The zero-order valence-electron chi connectivity index (χ0n) is 7.71. The molecule has 72 valence electrons. The van der Waals surface area contributed by atoms with Gasteiger partial charge in [0.2, 0.25) is 0 Å². The van der Waals surface area contributed by atoms with Crippen molar-refractivity contribution in [2.75, 3.05) is 13.1 Å². The molecule has 0 bridgehead atoms. The van der Waals surface area contributed by atoms with Crippen LogP contribution in [0.2, 0.25) is 0 Å². The van der Waals surface area contributed by atoms with Crippen molar-refractivity contribution >= 4 is 0 Å². The van der Waals surface area contributed by atoms with Gasteiger partial charge in [-0.3, -0.25) is 0 Å². The highest BCUT2D eigenvalue weighted by molar-refractivity contribution is 4.93. The van der Waals surface area contributed by atoms with Gasteiger partial charge in [-0.05, 0) is 12.8 Å². The zero-order chi connectivity index (χ0) is 8.93. The average molecular weight is 180 g/mol. The lowest BCUT2D eigenvalue weighted by molar-refractivity contribution is 0.604. The van der Waals surface area contributed by atoms with Crippen molar-refractivity contribution in [2.24, 2.45) is 0 Å².